The number of halogens is 2. The molecule has 3 nitrogen and oxygen atoms in total. The van der Waals surface area contributed by atoms with Crippen molar-refractivity contribution in [3.8, 4) is 0 Å². The molecular weight excluding hydrogens is 259 g/mol. The second-order valence-electron chi connectivity index (χ2n) is 4.15. The van der Waals surface area contributed by atoms with Gasteiger partial charge >= 0.3 is 0 Å². The third-order valence-corrected chi connectivity index (χ3v) is 3.65. The highest BCUT2D eigenvalue weighted by Crippen LogP contribution is 2.29. The van der Waals surface area contributed by atoms with Gasteiger partial charge in [0.25, 0.3) is 0 Å². The molecule has 0 aromatic heterocycles. The van der Waals surface area contributed by atoms with E-state index in [1.54, 1.807) is 6.07 Å². The summed E-state index contributed by atoms with van der Waals surface area (Å²) in [7, 11) is 0. The average molecular weight is 275 g/mol. The van der Waals surface area contributed by atoms with Gasteiger partial charge in [0.15, 0.2) is 0 Å². The van der Waals surface area contributed by atoms with Crippen molar-refractivity contribution in [3.05, 3.63) is 33.8 Å². The minimum absolute atomic E-state index is 0.0399. The predicted octanol–water partition coefficient (Wildman–Crippen LogP) is 1.93. The number of hydrogen-bond acceptors (Lipinski definition) is 3. The number of aliphatic hydroxyl groups is 1. The molecule has 0 bridgehead atoms. The number of aliphatic hydroxyl groups excluding tert-OH is 1. The largest absolute Gasteiger partial charge is 0.394 e. The summed E-state index contributed by atoms with van der Waals surface area (Å²) < 4.78 is 0. The molecule has 5 heteroatoms. The van der Waals surface area contributed by atoms with Crippen LogP contribution in [0.4, 0.5) is 0 Å². The zero-order valence-electron chi connectivity index (χ0n) is 9.50. The summed E-state index contributed by atoms with van der Waals surface area (Å²) in [4.78, 5) is 2.24. The van der Waals surface area contributed by atoms with Crippen LogP contribution < -0.4 is 5.32 Å². The monoisotopic (exact) mass is 274 g/mol. The second kappa shape index (κ2) is 6.03. The number of benzene rings is 1. The van der Waals surface area contributed by atoms with Gasteiger partial charge in [0.05, 0.1) is 12.6 Å². The lowest BCUT2D eigenvalue weighted by molar-refractivity contribution is 0.111. The van der Waals surface area contributed by atoms with Crippen LogP contribution in [0.1, 0.15) is 11.6 Å². The van der Waals surface area contributed by atoms with Crippen LogP contribution in [0.5, 0.6) is 0 Å². The molecule has 1 fully saturated rings. The van der Waals surface area contributed by atoms with Crippen LogP contribution in [-0.4, -0.2) is 42.8 Å². The Hall–Kier alpha value is -0.320. The molecule has 17 heavy (non-hydrogen) atoms. The lowest BCUT2D eigenvalue weighted by atomic mass is 10.1. The second-order valence-corrected chi connectivity index (χ2v) is 4.99. The van der Waals surface area contributed by atoms with E-state index in [2.05, 4.69) is 10.2 Å². The van der Waals surface area contributed by atoms with Crippen LogP contribution in [0.2, 0.25) is 10.0 Å². The minimum Gasteiger partial charge on any atom is -0.394 e. The first-order valence-electron chi connectivity index (χ1n) is 5.73. The molecular formula is C12H16Cl2N2O. The molecule has 94 valence electrons. The fourth-order valence-corrected chi connectivity index (χ4v) is 2.71. The van der Waals surface area contributed by atoms with E-state index in [4.69, 9.17) is 23.2 Å². The minimum atomic E-state index is -0.0399. The van der Waals surface area contributed by atoms with Crippen molar-refractivity contribution in [2.75, 3.05) is 32.8 Å². The highest BCUT2D eigenvalue weighted by atomic mass is 35.5. The first-order chi connectivity index (χ1) is 8.22. The van der Waals surface area contributed by atoms with Gasteiger partial charge in [0.1, 0.15) is 0 Å². The molecule has 0 aliphatic carbocycles. The number of hydrogen-bond donors (Lipinski definition) is 2. The van der Waals surface area contributed by atoms with Gasteiger partial charge in [0, 0.05) is 36.2 Å². The fourth-order valence-electron chi connectivity index (χ4n) is 2.18. The summed E-state index contributed by atoms with van der Waals surface area (Å²) in [5, 5.41) is 14.1. The average Bonchev–Trinajstić information content (AvgIpc) is 2.34. The van der Waals surface area contributed by atoms with Crippen LogP contribution in [0.15, 0.2) is 18.2 Å². The summed E-state index contributed by atoms with van der Waals surface area (Å²) in [6.45, 7) is 3.80. The summed E-state index contributed by atoms with van der Waals surface area (Å²) >= 11 is 12.1. The van der Waals surface area contributed by atoms with Crippen LogP contribution in [0, 0.1) is 0 Å². The zero-order valence-corrected chi connectivity index (χ0v) is 11.0. The van der Waals surface area contributed by atoms with E-state index < -0.39 is 0 Å². The third-order valence-electron chi connectivity index (χ3n) is 3.09. The molecule has 0 spiro atoms. The van der Waals surface area contributed by atoms with Crippen molar-refractivity contribution < 1.29 is 5.11 Å². The quantitative estimate of drug-likeness (QED) is 0.884. The molecule has 1 aromatic rings. The summed E-state index contributed by atoms with van der Waals surface area (Å²) in [5.41, 5.74) is 0.945. The predicted molar refractivity (Wildman–Crippen MR) is 70.7 cm³/mol. The molecule has 1 atom stereocenters. The Morgan fingerprint density at radius 1 is 1.29 bits per heavy atom. The van der Waals surface area contributed by atoms with E-state index in [9.17, 15) is 5.11 Å². The van der Waals surface area contributed by atoms with Gasteiger partial charge in [-0.05, 0) is 17.7 Å². The number of nitrogens with zero attached hydrogens (tertiary/aromatic N) is 1. The number of nitrogens with one attached hydrogen (secondary N) is 1. The lowest BCUT2D eigenvalue weighted by Crippen LogP contribution is -2.46. The first-order valence-corrected chi connectivity index (χ1v) is 6.48. The van der Waals surface area contributed by atoms with E-state index in [1.165, 1.54) is 0 Å². The lowest BCUT2D eigenvalue weighted by Gasteiger charge is -2.34. The van der Waals surface area contributed by atoms with Crippen LogP contribution in [-0.2, 0) is 0 Å². The van der Waals surface area contributed by atoms with Gasteiger partial charge in [0.2, 0.25) is 0 Å². The Balaban J connectivity index is 2.21. The summed E-state index contributed by atoms with van der Waals surface area (Å²) in [6.07, 6.45) is 0. The van der Waals surface area contributed by atoms with Gasteiger partial charge in [-0.3, -0.25) is 4.90 Å². The van der Waals surface area contributed by atoms with E-state index in [0.717, 1.165) is 31.7 Å². The Bertz CT molecular complexity index is 381. The number of piperazine rings is 1. The van der Waals surface area contributed by atoms with Crippen molar-refractivity contribution in [1.29, 1.82) is 0 Å². The molecule has 0 amide bonds. The van der Waals surface area contributed by atoms with Crippen molar-refractivity contribution in [3.63, 3.8) is 0 Å². The summed E-state index contributed by atoms with van der Waals surface area (Å²) in [5.74, 6) is 0. The standard InChI is InChI=1S/C12H16Cl2N2O/c13-9-1-2-10(11(14)7-9)12(8-17)16-5-3-15-4-6-16/h1-2,7,12,15,17H,3-6,8H2/t12-/m0/s1. The van der Waals surface area contributed by atoms with Crippen LogP contribution in [0.3, 0.4) is 0 Å². The van der Waals surface area contributed by atoms with Gasteiger partial charge < -0.3 is 10.4 Å². The highest BCUT2D eigenvalue weighted by Gasteiger charge is 2.23. The zero-order chi connectivity index (χ0) is 12.3. The van der Waals surface area contributed by atoms with E-state index in [0.29, 0.717) is 10.0 Å². The Morgan fingerprint density at radius 3 is 2.59 bits per heavy atom. The molecule has 1 heterocycles. The van der Waals surface area contributed by atoms with Gasteiger partial charge in [-0.2, -0.15) is 0 Å². The number of rotatable bonds is 3. The van der Waals surface area contributed by atoms with Crippen LogP contribution >= 0.6 is 23.2 Å². The molecule has 0 saturated carbocycles. The molecule has 0 unspecified atom stereocenters. The first kappa shape index (κ1) is 13.1. The summed E-state index contributed by atoms with van der Waals surface area (Å²) in [6, 6.07) is 5.40. The molecule has 1 saturated heterocycles. The van der Waals surface area contributed by atoms with E-state index in [-0.39, 0.29) is 12.6 Å². The fraction of sp³-hybridized carbons (Fsp3) is 0.500. The van der Waals surface area contributed by atoms with Gasteiger partial charge in [-0.25, -0.2) is 0 Å². The molecule has 2 rings (SSSR count). The highest BCUT2D eigenvalue weighted by molar-refractivity contribution is 6.35. The maximum Gasteiger partial charge on any atom is 0.0629 e. The van der Waals surface area contributed by atoms with Gasteiger partial charge in [-0.15, -0.1) is 0 Å². The molecule has 1 aliphatic heterocycles. The van der Waals surface area contributed by atoms with E-state index in [1.807, 2.05) is 12.1 Å². The van der Waals surface area contributed by atoms with Crippen molar-refractivity contribution in [2.24, 2.45) is 0 Å². The van der Waals surface area contributed by atoms with Gasteiger partial charge in [-0.1, -0.05) is 29.3 Å². The van der Waals surface area contributed by atoms with E-state index >= 15 is 0 Å². The van der Waals surface area contributed by atoms with Crippen molar-refractivity contribution in [1.82, 2.24) is 10.2 Å². The SMILES string of the molecule is OC[C@@H](c1ccc(Cl)cc1Cl)N1CCNCC1. The maximum absolute atomic E-state index is 9.57. The van der Waals surface area contributed by atoms with Crippen LogP contribution in [0.25, 0.3) is 0 Å². The molecule has 1 aromatic carbocycles. The Kier molecular flexibility index (Phi) is 4.65. The van der Waals surface area contributed by atoms with Crippen molar-refractivity contribution >= 4 is 23.2 Å². The molecule has 2 N–H and O–H groups in total. The van der Waals surface area contributed by atoms with Crippen molar-refractivity contribution in [2.45, 2.75) is 6.04 Å². The third kappa shape index (κ3) is 3.12. The normalized spacial score (nSPS) is 19.2. The Morgan fingerprint density at radius 2 is 2.00 bits per heavy atom. The maximum atomic E-state index is 9.57. The molecule has 0 radical (unpaired) electrons. The smallest absolute Gasteiger partial charge is 0.0629 e. The molecule has 1 aliphatic rings. The Labute approximate surface area is 111 Å². The topological polar surface area (TPSA) is 35.5 Å².